The molecule has 6 heteroatoms. The molecule has 0 fully saturated rings. The molecular formula is C17H16N4O2. The molecule has 0 saturated heterocycles. The number of benzene rings is 1. The molecule has 0 aliphatic rings. The first-order valence-electron chi connectivity index (χ1n) is 7.24. The summed E-state index contributed by atoms with van der Waals surface area (Å²) in [5.41, 5.74) is 0.0939. The van der Waals surface area contributed by atoms with Crippen LogP contribution in [0.5, 0.6) is 0 Å². The predicted molar refractivity (Wildman–Crippen MR) is 88.9 cm³/mol. The average molecular weight is 308 g/mol. The van der Waals surface area contributed by atoms with Crippen LogP contribution in [0, 0.1) is 0 Å². The molecule has 1 aromatic carbocycles. The fraction of sp³-hybridized carbons (Fsp3) is 0.118. The number of anilines is 1. The monoisotopic (exact) mass is 308 g/mol. The molecule has 6 nitrogen and oxygen atoms in total. The highest BCUT2D eigenvalue weighted by molar-refractivity contribution is 5.37. The van der Waals surface area contributed by atoms with Gasteiger partial charge in [0.2, 0.25) is 0 Å². The SMILES string of the molecule is CC(Nc1cc(=O)n(-c2ccccn2)c(=O)[nH]1)c1ccccc1. The van der Waals surface area contributed by atoms with Gasteiger partial charge in [0.15, 0.2) is 0 Å². The van der Waals surface area contributed by atoms with Crippen molar-refractivity contribution in [3.05, 3.63) is 87.2 Å². The van der Waals surface area contributed by atoms with Gasteiger partial charge in [0.1, 0.15) is 11.6 Å². The first-order valence-corrected chi connectivity index (χ1v) is 7.24. The van der Waals surface area contributed by atoms with Gasteiger partial charge in [-0.3, -0.25) is 9.78 Å². The van der Waals surface area contributed by atoms with Gasteiger partial charge in [0.05, 0.1) is 0 Å². The number of hydrogen-bond donors (Lipinski definition) is 2. The number of nitrogens with one attached hydrogen (secondary N) is 2. The van der Waals surface area contributed by atoms with Crippen LogP contribution < -0.4 is 16.6 Å². The Bertz CT molecular complexity index is 870. The summed E-state index contributed by atoms with van der Waals surface area (Å²) in [6.07, 6.45) is 1.53. The normalized spacial score (nSPS) is 11.9. The van der Waals surface area contributed by atoms with Crippen LogP contribution >= 0.6 is 0 Å². The van der Waals surface area contributed by atoms with E-state index in [-0.39, 0.29) is 6.04 Å². The molecule has 0 spiro atoms. The second-order valence-electron chi connectivity index (χ2n) is 5.13. The van der Waals surface area contributed by atoms with E-state index >= 15 is 0 Å². The summed E-state index contributed by atoms with van der Waals surface area (Å²) in [6, 6.07) is 16.1. The fourth-order valence-electron chi connectivity index (χ4n) is 2.33. The molecule has 1 unspecified atom stereocenters. The van der Waals surface area contributed by atoms with E-state index in [2.05, 4.69) is 15.3 Å². The summed E-state index contributed by atoms with van der Waals surface area (Å²) in [6.45, 7) is 1.96. The molecule has 0 saturated carbocycles. The maximum absolute atomic E-state index is 12.2. The van der Waals surface area contributed by atoms with Crippen molar-refractivity contribution in [3.8, 4) is 5.82 Å². The molecule has 1 atom stereocenters. The van der Waals surface area contributed by atoms with E-state index in [1.807, 2.05) is 37.3 Å². The Labute approximate surface area is 132 Å². The van der Waals surface area contributed by atoms with Crippen molar-refractivity contribution in [2.45, 2.75) is 13.0 Å². The zero-order chi connectivity index (χ0) is 16.2. The Morgan fingerprint density at radius 3 is 2.48 bits per heavy atom. The van der Waals surface area contributed by atoms with Crippen LogP contribution in [0.15, 0.2) is 70.4 Å². The lowest BCUT2D eigenvalue weighted by molar-refractivity contribution is 0.822. The quantitative estimate of drug-likeness (QED) is 0.773. The summed E-state index contributed by atoms with van der Waals surface area (Å²) >= 11 is 0. The Balaban J connectivity index is 1.92. The van der Waals surface area contributed by atoms with Crippen molar-refractivity contribution in [1.29, 1.82) is 0 Å². The maximum Gasteiger partial charge on any atom is 0.335 e. The van der Waals surface area contributed by atoms with Crippen molar-refractivity contribution in [3.63, 3.8) is 0 Å². The molecule has 23 heavy (non-hydrogen) atoms. The Kier molecular flexibility index (Phi) is 4.05. The minimum absolute atomic E-state index is 0.0445. The van der Waals surface area contributed by atoms with Crippen molar-refractivity contribution in [2.24, 2.45) is 0 Å². The van der Waals surface area contributed by atoms with E-state index in [4.69, 9.17) is 0 Å². The van der Waals surface area contributed by atoms with Crippen molar-refractivity contribution >= 4 is 5.82 Å². The molecule has 0 aliphatic carbocycles. The van der Waals surface area contributed by atoms with Gasteiger partial charge in [-0.1, -0.05) is 36.4 Å². The molecule has 2 N–H and O–H groups in total. The van der Waals surface area contributed by atoms with Crippen molar-refractivity contribution in [2.75, 3.05) is 5.32 Å². The lowest BCUT2D eigenvalue weighted by Gasteiger charge is -2.15. The van der Waals surface area contributed by atoms with Crippen molar-refractivity contribution in [1.82, 2.24) is 14.5 Å². The second kappa shape index (κ2) is 6.31. The van der Waals surface area contributed by atoms with Crippen LogP contribution in [0.4, 0.5) is 5.82 Å². The Morgan fingerprint density at radius 2 is 1.83 bits per heavy atom. The molecular weight excluding hydrogens is 292 g/mol. The number of nitrogens with zero attached hydrogens (tertiary/aromatic N) is 2. The van der Waals surface area contributed by atoms with Gasteiger partial charge < -0.3 is 5.32 Å². The number of hydrogen-bond acceptors (Lipinski definition) is 4. The van der Waals surface area contributed by atoms with Gasteiger partial charge in [-0.2, -0.15) is 0 Å². The van der Waals surface area contributed by atoms with Crippen LogP contribution in [-0.4, -0.2) is 14.5 Å². The maximum atomic E-state index is 12.2. The molecule has 0 aliphatic heterocycles. The van der Waals surface area contributed by atoms with E-state index in [0.717, 1.165) is 10.1 Å². The van der Waals surface area contributed by atoms with Gasteiger partial charge in [0.25, 0.3) is 5.56 Å². The predicted octanol–water partition coefficient (Wildman–Crippen LogP) is 2.09. The van der Waals surface area contributed by atoms with E-state index in [1.165, 1.54) is 12.3 Å². The molecule has 2 aromatic heterocycles. The van der Waals surface area contributed by atoms with E-state index in [0.29, 0.717) is 11.6 Å². The molecule has 3 rings (SSSR count). The summed E-state index contributed by atoms with van der Waals surface area (Å²) < 4.78 is 0.998. The third-order valence-corrected chi connectivity index (χ3v) is 3.48. The van der Waals surface area contributed by atoms with Gasteiger partial charge >= 0.3 is 5.69 Å². The number of H-pyrrole nitrogens is 1. The molecule has 116 valence electrons. The van der Waals surface area contributed by atoms with E-state index < -0.39 is 11.2 Å². The lowest BCUT2D eigenvalue weighted by Crippen LogP contribution is -2.34. The third-order valence-electron chi connectivity index (χ3n) is 3.48. The Morgan fingerprint density at radius 1 is 1.09 bits per heavy atom. The van der Waals surface area contributed by atoms with Crippen LogP contribution in [0.3, 0.4) is 0 Å². The number of rotatable bonds is 4. The zero-order valence-electron chi connectivity index (χ0n) is 12.6. The zero-order valence-corrected chi connectivity index (χ0v) is 12.6. The summed E-state index contributed by atoms with van der Waals surface area (Å²) in [4.78, 5) is 31.2. The number of aromatic nitrogens is 3. The second-order valence-corrected chi connectivity index (χ2v) is 5.13. The lowest BCUT2D eigenvalue weighted by atomic mass is 10.1. The smallest absolute Gasteiger partial charge is 0.335 e. The largest absolute Gasteiger partial charge is 0.365 e. The highest BCUT2D eigenvalue weighted by Crippen LogP contribution is 2.15. The standard InChI is InChI=1S/C17H16N4O2/c1-12(13-7-3-2-4-8-13)19-14-11-16(22)21(17(23)20-14)15-9-5-6-10-18-15/h2-12,19H,1H3,(H,20,23). The number of aromatic amines is 1. The molecule has 0 amide bonds. The van der Waals surface area contributed by atoms with Gasteiger partial charge in [-0.15, -0.1) is 0 Å². The van der Waals surface area contributed by atoms with Crippen LogP contribution in [0.1, 0.15) is 18.5 Å². The third kappa shape index (κ3) is 3.21. The van der Waals surface area contributed by atoms with E-state index in [1.54, 1.807) is 18.2 Å². The Hall–Kier alpha value is -3.15. The molecule has 3 aromatic rings. The van der Waals surface area contributed by atoms with Gasteiger partial charge in [0, 0.05) is 18.3 Å². The fourth-order valence-corrected chi connectivity index (χ4v) is 2.33. The first-order chi connectivity index (χ1) is 11.1. The summed E-state index contributed by atoms with van der Waals surface area (Å²) in [7, 11) is 0. The van der Waals surface area contributed by atoms with Crippen LogP contribution in [-0.2, 0) is 0 Å². The van der Waals surface area contributed by atoms with E-state index in [9.17, 15) is 9.59 Å². The van der Waals surface area contributed by atoms with Crippen molar-refractivity contribution < 1.29 is 0 Å². The van der Waals surface area contributed by atoms with Crippen LogP contribution in [0.25, 0.3) is 5.82 Å². The summed E-state index contributed by atoms with van der Waals surface area (Å²) in [5, 5.41) is 3.13. The average Bonchev–Trinajstić information content (AvgIpc) is 2.56. The summed E-state index contributed by atoms with van der Waals surface area (Å²) in [5.74, 6) is 0.671. The van der Waals surface area contributed by atoms with Gasteiger partial charge in [-0.05, 0) is 24.6 Å². The topological polar surface area (TPSA) is 79.8 Å². The van der Waals surface area contributed by atoms with Gasteiger partial charge in [-0.25, -0.2) is 14.3 Å². The number of pyridine rings is 1. The highest BCUT2D eigenvalue weighted by Gasteiger charge is 2.10. The molecule has 0 bridgehead atoms. The molecule has 0 radical (unpaired) electrons. The minimum Gasteiger partial charge on any atom is -0.365 e. The molecule has 2 heterocycles. The van der Waals surface area contributed by atoms with Crippen LogP contribution in [0.2, 0.25) is 0 Å². The minimum atomic E-state index is -0.529. The first kappa shape index (κ1) is 14.8. The highest BCUT2D eigenvalue weighted by atomic mass is 16.2.